The van der Waals surface area contributed by atoms with Crippen molar-refractivity contribution >= 4 is 5.91 Å². The summed E-state index contributed by atoms with van der Waals surface area (Å²) in [7, 11) is 0. The lowest BCUT2D eigenvalue weighted by atomic mass is 10.0. The number of morpholine rings is 1. The van der Waals surface area contributed by atoms with Crippen LogP contribution in [0.2, 0.25) is 0 Å². The maximum absolute atomic E-state index is 12.9. The van der Waals surface area contributed by atoms with Gasteiger partial charge >= 0.3 is 0 Å². The van der Waals surface area contributed by atoms with Crippen molar-refractivity contribution in [3.8, 4) is 0 Å². The van der Waals surface area contributed by atoms with Gasteiger partial charge in [-0.05, 0) is 38.8 Å². The lowest BCUT2D eigenvalue weighted by molar-refractivity contribution is -0.00420. The van der Waals surface area contributed by atoms with Gasteiger partial charge in [0.25, 0.3) is 5.91 Å². The van der Waals surface area contributed by atoms with Gasteiger partial charge in [-0.25, -0.2) is 0 Å². The van der Waals surface area contributed by atoms with E-state index in [4.69, 9.17) is 4.74 Å². The Hall–Kier alpha value is -2.34. The highest BCUT2D eigenvalue weighted by Gasteiger charge is 2.29. The van der Waals surface area contributed by atoms with Crippen LogP contribution in [0.5, 0.6) is 0 Å². The van der Waals surface area contributed by atoms with E-state index in [0.717, 1.165) is 29.9 Å². The van der Waals surface area contributed by atoms with Crippen molar-refractivity contribution in [2.45, 2.75) is 32.7 Å². The molecule has 0 unspecified atom stereocenters. The van der Waals surface area contributed by atoms with E-state index in [0.29, 0.717) is 25.3 Å². The highest BCUT2D eigenvalue weighted by Crippen LogP contribution is 2.18. The zero-order valence-electron chi connectivity index (χ0n) is 14.1. The third kappa shape index (κ3) is 3.59. The molecule has 0 radical (unpaired) electrons. The van der Waals surface area contributed by atoms with Crippen molar-refractivity contribution in [2.24, 2.45) is 0 Å². The van der Waals surface area contributed by atoms with Crippen LogP contribution < -0.4 is 0 Å². The van der Waals surface area contributed by atoms with Crippen molar-refractivity contribution in [3.05, 3.63) is 53.4 Å². The molecule has 1 fully saturated rings. The first-order chi connectivity index (χ1) is 11.7. The molecule has 126 valence electrons. The van der Waals surface area contributed by atoms with Crippen LogP contribution in [0.15, 0.2) is 30.7 Å². The smallest absolute Gasteiger partial charge is 0.256 e. The summed E-state index contributed by atoms with van der Waals surface area (Å²) in [5.41, 5.74) is 3.35. The van der Waals surface area contributed by atoms with Crippen LogP contribution in [0.3, 0.4) is 0 Å². The number of carbonyl (C=O) groups is 1. The van der Waals surface area contributed by atoms with Crippen LogP contribution in [0.1, 0.15) is 33.9 Å². The Balaban J connectivity index is 1.73. The second-order valence-corrected chi connectivity index (χ2v) is 5.99. The molecule has 3 rings (SSSR count). The molecule has 0 aliphatic carbocycles. The van der Waals surface area contributed by atoms with E-state index in [-0.39, 0.29) is 11.9 Å². The van der Waals surface area contributed by atoms with Gasteiger partial charge < -0.3 is 9.64 Å². The summed E-state index contributed by atoms with van der Waals surface area (Å²) < 4.78 is 5.60. The lowest BCUT2D eigenvalue weighted by Crippen LogP contribution is -2.49. The van der Waals surface area contributed by atoms with E-state index in [2.05, 4.69) is 15.0 Å². The van der Waals surface area contributed by atoms with Crippen LogP contribution in [0.4, 0.5) is 0 Å². The minimum atomic E-state index is 0.0322. The molecule has 1 aliphatic rings. The minimum Gasteiger partial charge on any atom is -0.377 e. The van der Waals surface area contributed by atoms with Gasteiger partial charge in [-0.3, -0.25) is 19.7 Å². The number of aryl methyl sites for hydroxylation is 3. The van der Waals surface area contributed by atoms with E-state index in [1.54, 1.807) is 24.7 Å². The molecule has 1 saturated heterocycles. The van der Waals surface area contributed by atoms with Crippen molar-refractivity contribution in [3.63, 3.8) is 0 Å². The molecule has 0 bridgehead atoms. The average Bonchev–Trinajstić information content (AvgIpc) is 2.61. The van der Waals surface area contributed by atoms with E-state index in [1.165, 1.54) is 0 Å². The maximum atomic E-state index is 12.9. The number of amides is 1. The zero-order chi connectivity index (χ0) is 16.9. The molecule has 6 nitrogen and oxygen atoms in total. The number of pyridine rings is 1. The van der Waals surface area contributed by atoms with E-state index < -0.39 is 0 Å². The fraction of sp³-hybridized carbons (Fsp3) is 0.444. The summed E-state index contributed by atoms with van der Waals surface area (Å²) in [5.74, 6) is 0.0322. The van der Waals surface area contributed by atoms with Gasteiger partial charge in [-0.1, -0.05) is 0 Å². The maximum Gasteiger partial charge on any atom is 0.256 e. The molecule has 2 aromatic rings. The van der Waals surface area contributed by atoms with Crippen LogP contribution in [0.25, 0.3) is 0 Å². The zero-order valence-corrected chi connectivity index (χ0v) is 14.1. The first-order valence-corrected chi connectivity index (χ1v) is 8.23. The summed E-state index contributed by atoms with van der Waals surface area (Å²) in [4.78, 5) is 27.7. The fourth-order valence-corrected chi connectivity index (χ4v) is 3.01. The van der Waals surface area contributed by atoms with E-state index in [1.807, 2.05) is 24.8 Å². The number of hydrogen-bond donors (Lipinski definition) is 0. The Labute approximate surface area is 141 Å². The third-order valence-corrected chi connectivity index (χ3v) is 4.42. The summed E-state index contributed by atoms with van der Waals surface area (Å²) >= 11 is 0. The Morgan fingerprint density at radius 2 is 2.00 bits per heavy atom. The van der Waals surface area contributed by atoms with E-state index in [9.17, 15) is 4.79 Å². The molecule has 3 heterocycles. The van der Waals surface area contributed by atoms with Crippen molar-refractivity contribution in [2.75, 3.05) is 19.8 Å². The second kappa shape index (κ2) is 7.49. The topological polar surface area (TPSA) is 68.2 Å². The molecular formula is C18H22N4O2. The monoisotopic (exact) mass is 326 g/mol. The summed E-state index contributed by atoms with van der Waals surface area (Å²) in [6.45, 7) is 5.57. The SMILES string of the molecule is Cc1ncccc1C(=O)N1CCOC[C@H]1CCc1nccnc1C. The van der Waals surface area contributed by atoms with Gasteiger partial charge in [0.1, 0.15) is 0 Å². The van der Waals surface area contributed by atoms with Gasteiger partial charge in [-0.15, -0.1) is 0 Å². The van der Waals surface area contributed by atoms with Gasteiger partial charge in [0.15, 0.2) is 0 Å². The number of hydrogen-bond acceptors (Lipinski definition) is 5. The van der Waals surface area contributed by atoms with Gasteiger partial charge in [-0.2, -0.15) is 0 Å². The number of nitrogens with zero attached hydrogens (tertiary/aromatic N) is 4. The molecule has 0 saturated carbocycles. The fourth-order valence-electron chi connectivity index (χ4n) is 3.01. The highest BCUT2D eigenvalue weighted by molar-refractivity contribution is 5.95. The first kappa shape index (κ1) is 16.5. The Morgan fingerprint density at radius 1 is 1.21 bits per heavy atom. The molecule has 1 atom stereocenters. The van der Waals surface area contributed by atoms with Crippen LogP contribution >= 0.6 is 0 Å². The number of carbonyl (C=O) groups excluding carboxylic acids is 1. The van der Waals surface area contributed by atoms with Gasteiger partial charge in [0.05, 0.1) is 36.2 Å². The van der Waals surface area contributed by atoms with Crippen LogP contribution in [-0.4, -0.2) is 51.6 Å². The second-order valence-electron chi connectivity index (χ2n) is 5.99. The molecule has 0 N–H and O–H groups in total. The molecule has 2 aromatic heterocycles. The van der Waals surface area contributed by atoms with Gasteiger partial charge in [0.2, 0.25) is 0 Å². The Kier molecular flexibility index (Phi) is 5.15. The van der Waals surface area contributed by atoms with Gasteiger partial charge in [0, 0.05) is 30.8 Å². The minimum absolute atomic E-state index is 0.0322. The van der Waals surface area contributed by atoms with E-state index >= 15 is 0 Å². The number of ether oxygens (including phenoxy) is 1. The largest absolute Gasteiger partial charge is 0.377 e. The predicted molar refractivity (Wildman–Crippen MR) is 89.7 cm³/mol. The molecule has 1 aliphatic heterocycles. The summed E-state index contributed by atoms with van der Waals surface area (Å²) in [6.07, 6.45) is 6.71. The first-order valence-electron chi connectivity index (χ1n) is 8.23. The molecule has 1 amide bonds. The number of aromatic nitrogens is 3. The standard InChI is InChI=1S/C18H22N4O2/c1-13-16(4-3-7-19-13)18(23)22-10-11-24-12-15(22)5-6-17-14(2)20-8-9-21-17/h3-4,7-9,15H,5-6,10-12H2,1-2H3/t15-/m1/s1. The van der Waals surface area contributed by atoms with Crippen LogP contribution in [0, 0.1) is 13.8 Å². The molecule has 6 heteroatoms. The molecule has 0 spiro atoms. The molecule has 24 heavy (non-hydrogen) atoms. The average molecular weight is 326 g/mol. The van der Waals surface area contributed by atoms with Crippen LogP contribution in [-0.2, 0) is 11.2 Å². The molecular weight excluding hydrogens is 304 g/mol. The quantitative estimate of drug-likeness (QED) is 0.859. The van der Waals surface area contributed by atoms with Crippen molar-refractivity contribution in [1.29, 1.82) is 0 Å². The Morgan fingerprint density at radius 3 is 2.79 bits per heavy atom. The summed E-state index contributed by atoms with van der Waals surface area (Å²) in [5, 5.41) is 0. The highest BCUT2D eigenvalue weighted by atomic mass is 16.5. The number of rotatable bonds is 4. The summed E-state index contributed by atoms with van der Waals surface area (Å²) in [6, 6.07) is 3.69. The van der Waals surface area contributed by atoms with Crippen molar-refractivity contribution < 1.29 is 9.53 Å². The predicted octanol–water partition coefficient (Wildman–Crippen LogP) is 1.96. The Bertz CT molecular complexity index is 720. The third-order valence-electron chi connectivity index (χ3n) is 4.42. The lowest BCUT2D eigenvalue weighted by Gasteiger charge is -2.36. The normalized spacial score (nSPS) is 17.8. The molecule has 0 aromatic carbocycles. The van der Waals surface area contributed by atoms with Crippen molar-refractivity contribution in [1.82, 2.24) is 19.9 Å².